The largest absolute Gasteiger partial charge is 0.480 e. The SMILES string of the molecule is COc1nc(C)cc(N2CCC[C@@H]2C(=O)O)n1. The molecule has 2 heterocycles. The lowest BCUT2D eigenvalue weighted by Crippen LogP contribution is -2.36. The number of methoxy groups -OCH3 is 1. The Morgan fingerprint density at radius 2 is 2.35 bits per heavy atom. The first kappa shape index (κ1) is 11.6. The zero-order valence-corrected chi connectivity index (χ0v) is 9.88. The lowest BCUT2D eigenvalue weighted by Gasteiger charge is -2.22. The van der Waals surface area contributed by atoms with Gasteiger partial charge in [0, 0.05) is 18.3 Å². The summed E-state index contributed by atoms with van der Waals surface area (Å²) >= 11 is 0. The van der Waals surface area contributed by atoms with E-state index in [1.165, 1.54) is 7.11 Å². The Bertz CT molecular complexity index is 436. The maximum Gasteiger partial charge on any atom is 0.326 e. The lowest BCUT2D eigenvalue weighted by atomic mass is 10.2. The first-order valence-corrected chi connectivity index (χ1v) is 5.51. The molecule has 0 bridgehead atoms. The number of aromatic nitrogens is 2. The molecule has 6 nitrogen and oxygen atoms in total. The van der Waals surface area contributed by atoms with Crippen LogP contribution in [0.1, 0.15) is 18.5 Å². The van der Waals surface area contributed by atoms with Crippen molar-refractivity contribution in [2.45, 2.75) is 25.8 Å². The molecule has 2 rings (SSSR count). The van der Waals surface area contributed by atoms with Crippen LogP contribution in [-0.4, -0.2) is 40.7 Å². The topological polar surface area (TPSA) is 75.5 Å². The van der Waals surface area contributed by atoms with E-state index < -0.39 is 12.0 Å². The van der Waals surface area contributed by atoms with Crippen LogP contribution in [0.25, 0.3) is 0 Å². The minimum Gasteiger partial charge on any atom is -0.480 e. The van der Waals surface area contributed by atoms with Crippen LogP contribution in [0, 0.1) is 6.92 Å². The number of anilines is 1. The predicted octanol–water partition coefficient (Wildman–Crippen LogP) is 0.847. The van der Waals surface area contributed by atoms with E-state index in [0.29, 0.717) is 18.8 Å². The van der Waals surface area contributed by atoms with Crippen LogP contribution >= 0.6 is 0 Å². The number of aryl methyl sites for hydroxylation is 1. The van der Waals surface area contributed by atoms with Crippen molar-refractivity contribution in [3.05, 3.63) is 11.8 Å². The molecule has 1 atom stereocenters. The molecule has 0 unspecified atom stereocenters. The first-order chi connectivity index (χ1) is 8.11. The number of carboxylic acids is 1. The average Bonchev–Trinajstić information content (AvgIpc) is 2.77. The lowest BCUT2D eigenvalue weighted by molar-refractivity contribution is -0.138. The first-order valence-electron chi connectivity index (χ1n) is 5.51. The number of nitrogens with zero attached hydrogens (tertiary/aromatic N) is 3. The van der Waals surface area contributed by atoms with Crippen molar-refractivity contribution in [2.75, 3.05) is 18.6 Å². The fourth-order valence-electron chi connectivity index (χ4n) is 2.06. The molecule has 0 aliphatic carbocycles. The fraction of sp³-hybridized carbons (Fsp3) is 0.545. The van der Waals surface area contributed by atoms with Crippen molar-refractivity contribution in [2.24, 2.45) is 0 Å². The summed E-state index contributed by atoms with van der Waals surface area (Å²) in [5, 5.41) is 9.12. The zero-order chi connectivity index (χ0) is 12.4. The van der Waals surface area contributed by atoms with Gasteiger partial charge in [0.1, 0.15) is 11.9 Å². The number of carbonyl (C=O) groups is 1. The quantitative estimate of drug-likeness (QED) is 0.839. The average molecular weight is 237 g/mol. The summed E-state index contributed by atoms with van der Waals surface area (Å²) in [4.78, 5) is 21.2. The van der Waals surface area contributed by atoms with Gasteiger partial charge in [-0.05, 0) is 19.8 Å². The van der Waals surface area contributed by atoms with Gasteiger partial charge in [0.25, 0.3) is 0 Å². The van der Waals surface area contributed by atoms with Crippen molar-refractivity contribution >= 4 is 11.8 Å². The molecular weight excluding hydrogens is 222 g/mol. The Kier molecular flexibility index (Phi) is 3.12. The highest BCUT2D eigenvalue weighted by Crippen LogP contribution is 2.25. The smallest absolute Gasteiger partial charge is 0.326 e. The highest BCUT2D eigenvalue weighted by molar-refractivity contribution is 5.78. The number of aliphatic carboxylic acids is 1. The molecule has 0 aromatic carbocycles. The van der Waals surface area contributed by atoms with Crippen LogP contribution in [0.3, 0.4) is 0 Å². The van der Waals surface area contributed by atoms with E-state index in [4.69, 9.17) is 9.84 Å². The van der Waals surface area contributed by atoms with Gasteiger partial charge in [-0.3, -0.25) is 0 Å². The second-order valence-corrected chi connectivity index (χ2v) is 4.04. The molecule has 0 amide bonds. The van der Waals surface area contributed by atoms with Crippen molar-refractivity contribution in [3.63, 3.8) is 0 Å². The molecule has 0 spiro atoms. The molecule has 1 aliphatic rings. The molecule has 0 radical (unpaired) electrons. The van der Waals surface area contributed by atoms with Crippen LogP contribution in [-0.2, 0) is 4.79 Å². The van der Waals surface area contributed by atoms with Crippen LogP contribution in [0.2, 0.25) is 0 Å². The molecular formula is C11H15N3O3. The summed E-state index contributed by atoms with van der Waals surface area (Å²) in [5.41, 5.74) is 0.767. The molecule has 17 heavy (non-hydrogen) atoms. The van der Waals surface area contributed by atoms with Gasteiger partial charge in [-0.15, -0.1) is 0 Å². The van der Waals surface area contributed by atoms with Crippen LogP contribution in [0.5, 0.6) is 6.01 Å². The Balaban J connectivity index is 2.32. The van der Waals surface area contributed by atoms with Crippen LogP contribution < -0.4 is 9.64 Å². The third-order valence-electron chi connectivity index (χ3n) is 2.83. The maximum atomic E-state index is 11.1. The molecule has 0 saturated carbocycles. The van der Waals surface area contributed by atoms with Gasteiger partial charge in [-0.25, -0.2) is 9.78 Å². The molecule has 1 fully saturated rings. The molecule has 1 N–H and O–H groups in total. The number of rotatable bonds is 3. The van der Waals surface area contributed by atoms with Gasteiger partial charge in [-0.2, -0.15) is 4.98 Å². The third kappa shape index (κ3) is 2.30. The number of carboxylic acid groups (broad SMARTS) is 1. The van der Waals surface area contributed by atoms with Gasteiger partial charge >= 0.3 is 12.0 Å². The van der Waals surface area contributed by atoms with Crippen LogP contribution in [0.4, 0.5) is 5.82 Å². The molecule has 1 aromatic rings. The molecule has 92 valence electrons. The zero-order valence-electron chi connectivity index (χ0n) is 9.88. The van der Waals surface area contributed by atoms with E-state index in [9.17, 15) is 4.79 Å². The molecule has 1 saturated heterocycles. The molecule has 6 heteroatoms. The van der Waals surface area contributed by atoms with E-state index in [1.54, 1.807) is 11.0 Å². The Labute approximate surface area is 99.2 Å². The minimum atomic E-state index is -0.808. The monoisotopic (exact) mass is 237 g/mol. The normalized spacial score (nSPS) is 19.4. The van der Waals surface area contributed by atoms with E-state index in [0.717, 1.165) is 12.1 Å². The maximum absolute atomic E-state index is 11.1. The van der Waals surface area contributed by atoms with Crippen molar-refractivity contribution in [1.29, 1.82) is 0 Å². The van der Waals surface area contributed by atoms with Gasteiger partial charge in [-0.1, -0.05) is 0 Å². The van der Waals surface area contributed by atoms with E-state index >= 15 is 0 Å². The van der Waals surface area contributed by atoms with Gasteiger partial charge in [0.2, 0.25) is 0 Å². The summed E-state index contributed by atoms with van der Waals surface area (Å²) < 4.78 is 4.99. The van der Waals surface area contributed by atoms with Gasteiger partial charge in [0.05, 0.1) is 7.11 Å². The fourth-order valence-corrected chi connectivity index (χ4v) is 2.06. The van der Waals surface area contributed by atoms with Crippen molar-refractivity contribution in [1.82, 2.24) is 9.97 Å². The number of hydrogen-bond acceptors (Lipinski definition) is 5. The van der Waals surface area contributed by atoms with E-state index in [2.05, 4.69) is 9.97 Å². The summed E-state index contributed by atoms with van der Waals surface area (Å²) in [5.74, 6) is -0.183. The van der Waals surface area contributed by atoms with Crippen LogP contribution in [0.15, 0.2) is 6.07 Å². The summed E-state index contributed by atoms with van der Waals surface area (Å²) in [7, 11) is 1.50. The highest BCUT2D eigenvalue weighted by Gasteiger charge is 2.31. The second kappa shape index (κ2) is 4.57. The summed E-state index contributed by atoms with van der Waals surface area (Å²) in [6.07, 6.45) is 1.52. The summed E-state index contributed by atoms with van der Waals surface area (Å²) in [6.45, 7) is 2.54. The third-order valence-corrected chi connectivity index (χ3v) is 2.83. The Hall–Kier alpha value is -1.85. The second-order valence-electron chi connectivity index (χ2n) is 4.04. The van der Waals surface area contributed by atoms with E-state index in [-0.39, 0.29) is 6.01 Å². The Morgan fingerprint density at radius 3 is 3.00 bits per heavy atom. The Morgan fingerprint density at radius 1 is 1.59 bits per heavy atom. The van der Waals surface area contributed by atoms with Crippen molar-refractivity contribution in [3.8, 4) is 6.01 Å². The number of hydrogen-bond donors (Lipinski definition) is 1. The predicted molar refractivity (Wildman–Crippen MR) is 61.3 cm³/mol. The standard InChI is InChI=1S/C11H15N3O3/c1-7-6-9(13-11(12-7)17-2)14-5-3-4-8(14)10(15)16/h6,8H,3-5H2,1-2H3,(H,15,16)/t8-/m1/s1. The molecule has 1 aromatic heterocycles. The van der Waals surface area contributed by atoms with Gasteiger partial charge in [0.15, 0.2) is 0 Å². The highest BCUT2D eigenvalue weighted by atomic mass is 16.5. The number of ether oxygens (including phenoxy) is 1. The van der Waals surface area contributed by atoms with Gasteiger partial charge < -0.3 is 14.7 Å². The summed E-state index contributed by atoms with van der Waals surface area (Å²) in [6, 6.07) is 1.56. The van der Waals surface area contributed by atoms with Crippen molar-refractivity contribution < 1.29 is 14.6 Å². The minimum absolute atomic E-state index is 0.274. The van der Waals surface area contributed by atoms with E-state index in [1.807, 2.05) is 6.92 Å². The molecule has 1 aliphatic heterocycles.